The van der Waals surface area contributed by atoms with Crippen molar-refractivity contribution < 1.29 is 9.53 Å². The minimum Gasteiger partial charge on any atom is -0.481 e. The molecule has 246 valence electrons. The van der Waals surface area contributed by atoms with Gasteiger partial charge in [-0.2, -0.15) is 0 Å². The summed E-state index contributed by atoms with van der Waals surface area (Å²) in [6.45, 7) is 2.76. The Labute approximate surface area is 281 Å². The van der Waals surface area contributed by atoms with Gasteiger partial charge in [0.25, 0.3) is 5.56 Å². The molecule has 2 aliphatic rings. The van der Waals surface area contributed by atoms with Gasteiger partial charge in [0.05, 0.1) is 23.5 Å². The Morgan fingerprint density at radius 1 is 1.00 bits per heavy atom. The van der Waals surface area contributed by atoms with Gasteiger partial charge in [0.1, 0.15) is 17.5 Å². The molecule has 5 aromatic rings. The predicted molar refractivity (Wildman–Crippen MR) is 185 cm³/mol. The van der Waals surface area contributed by atoms with Crippen molar-refractivity contribution >= 4 is 40.0 Å². The first kappa shape index (κ1) is 31.5. The summed E-state index contributed by atoms with van der Waals surface area (Å²) in [5.74, 6) is 0.957. The smallest absolute Gasteiger partial charge is 0.332 e. The fraction of sp³-hybridized carbons (Fsp3) is 0.314. The van der Waals surface area contributed by atoms with E-state index < -0.39 is 11.2 Å². The van der Waals surface area contributed by atoms with Gasteiger partial charge in [-0.1, -0.05) is 41.9 Å². The molecule has 12 nitrogen and oxygen atoms in total. The van der Waals surface area contributed by atoms with E-state index in [4.69, 9.17) is 21.3 Å². The molecule has 4 heterocycles. The minimum absolute atomic E-state index is 0.104. The van der Waals surface area contributed by atoms with Crippen molar-refractivity contribution in [2.45, 2.75) is 44.7 Å². The summed E-state index contributed by atoms with van der Waals surface area (Å²) in [5.41, 5.74) is 6.53. The number of halogens is 1. The van der Waals surface area contributed by atoms with Crippen molar-refractivity contribution in [3.05, 3.63) is 91.3 Å². The monoisotopic (exact) mass is 666 g/mol. The van der Waals surface area contributed by atoms with Gasteiger partial charge in [0.15, 0.2) is 5.65 Å². The number of fused-ring (bicyclic) bond motifs is 2. The summed E-state index contributed by atoms with van der Waals surface area (Å²) >= 11 is 7.06. The Kier molecular flexibility index (Phi) is 8.22. The van der Waals surface area contributed by atoms with Crippen LogP contribution in [0.5, 0.6) is 5.88 Å². The highest BCUT2D eigenvalue weighted by atomic mass is 35.5. The second-order valence-corrected chi connectivity index (χ2v) is 12.7. The molecular formula is C35H35ClN8O4. The van der Waals surface area contributed by atoms with Gasteiger partial charge >= 0.3 is 5.69 Å². The number of pyridine rings is 1. The third kappa shape index (κ3) is 5.40. The summed E-state index contributed by atoms with van der Waals surface area (Å²) in [6, 6.07) is 14.1. The molecule has 1 saturated heterocycles. The molecule has 3 aromatic heterocycles. The number of aryl methyl sites for hydroxylation is 2. The van der Waals surface area contributed by atoms with Crippen LogP contribution in [-0.4, -0.2) is 49.7 Å². The third-order valence-electron chi connectivity index (χ3n) is 9.44. The predicted octanol–water partition coefficient (Wildman–Crippen LogP) is 4.33. The lowest BCUT2D eigenvalue weighted by molar-refractivity contribution is -0.119. The summed E-state index contributed by atoms with van der Waals surface area (Å²) in [6.07, 6.45) is 4.55. The standard InChI is InChI=1S/C35H35ClN8O4/c1-18-21(23-9-6-10-25(30(23)36)41-31-29-32(39-17-38-31)43(2)35(47)44(3)34(29)46)7-5-8-22(18)26-15-19-11-13-24(28(19)33(42-26)48-4)37-16-20-12-14-27(45)40-20/h5-10,15,17,20,24,37H,11-14,16H2,1-4H3,(H,40,45)(H,38,39,41)/t20-,24?/m1/s1. The number of amides is 1. The van der Waals surface area contributed by atoms with Crippen LogP contribution in [0.15, 0.2) is 58.4 Å². The normalized spacial score (nSPS) is 17.1. The number of anilines is 2. The van der Waals surface area contributed by atoms with E-state index in [9.17, 15) is 14.4 Å². The van der Waals surface area contributed by atoms with Crippen molar-refractivity contribution in [1.82, 2.24) is 34.7 Å². The number of methoxy groups -OCH3 is 1. The van der Waals surface area contributed by atoms with Crippen LogP contribution in [0.4, 0.5) is 11.5 Å². The van der Waals surface area contributed by atoms with Crippen LogP contribution in [0.2, 0.25) is 5.02 Å². The summed E-state index contributed by atoms with van der Waals surface area (Å²) in [5, 5.41) is 10.5. The highest BCUT2D eigenvalue weighted by Gasteiger charge is 2.30. The first-order valence-electron chi connectivity index (χ1n) is 15.8. The number of hydrogen-bond donors (Lipinski definition) is 3. The number of ether oxygens (including phenoxy) is 1. The number of carbonyl (C=O) groups excluding carboxylic acids is 1. The van der Waals surface area contributed by atoms with E-state index in [1.807, 2.05) is 43.3 Å². The van der Waals surface area contributed by atoms with Crippen LogP contribution in [0.3, 0.4) is 0 Å². The topological polar surface area (TPSA) is 145 Å². The summed E-state index contributed by atoms with van der Waals surface area (Å²) < 4.78 is 8.18. The number of carbonyl (C=O) groups is 1. The Morgan fingerprint density at radius 3 is 2.54 bits per heavy atom. The molecule has 2 atom stereocenters. The second-order valence-electron chi connectivity index (χ2n) is 12.3. The van der Waals surface area contributed by atoms with E-state index in [1.165, 1.54) is 23.5 Å². The Hall–Kier alpha value is -5.07. The van der Waals surface area contributed by atoms with Crippen LogP contribution in [0.25, 0.3) is 33.4 Å². The van der Waals surface area contributed by atoms with Gasteiger partial charge in [-0.25, -0.2) is 19.7 Å². The lowest BCUT2D eigenvalue weighted by Crippen LogP contribution is -2.37. The molecule has 1 amide bonds. The van der Waals surface area contributed by atoms with Crippen molar-refractivity contribution in [2.24, 2.45) is 14.1 Å². The number of nitrogens with zero attached hydrogens (tertiary/aromatic N) is 5. The molecular weight excluding hydrogens is 632 g/mol. The molecule has 3 N–H and O–H groups in total. The quantitative estimate of drug-likeness (QED) is 0.220. The second kappa shape index (κ2) is 12.5. The van der Waals surface area contributed by atoms with E-state index in [0.29, 0.717) is 29.6 Å². The highest BCUT2D eigenvalue weighted by molar-refractivity contribution is 6.36. The summed E-state index contributed by atoms with van der Waals surface area (Å²) in [7, 11) is 4.63. The van der Waals surface area contributed by atoms with Crippen LogP contribution < -0.4 is 31.9 Å². The number of nitrogens with one attached hydrogen (secondary N) is 3. The van der Waals surface area contributed by atoms with Crippen LogP contribution in [-0.2, 0) is 25.3 Å². The first-order valence-corrected chi connectivity index (χ1v) is 16.2. The zero-order valence-corrected chi connectivity index (χ0v) is 27.8. The molecule has 1 unspecified atom stereocenters. The number of benzene rings is 2. The van der Waals surface area contributed by atoms with Gasteiger partial charge < -0.3 is 20.7 Å². The number of aromatic nitrogens is 5. The van der Waals surface area contributed by atoms with Crippen molar-refractivity contribution in [3.63, 3.8) is 0 Å². The lowest BCUT2D eigenvalue weighted by atomic mass is 9.93. The Morgan fingerprint density at radius 2 is 1.77 bits per heavy atom. The largest absolute Gasteiger partial charge is 0.481 e. The summed E-state index contributed by atoms with van der Waals surface area (Å²) in [4.78, 5) is 50.7. The average molecular weight is 667 g/mol. The minimum atomic E-state index is -0.506. The molecule has 0 spiro atoms. The maximum Gasteiger partial charge on any atom is 0.332 e. The van der Waals surface area contributed by atoms with E-state index in [1.54, 1.807) is 14.2 Å². The SMILES string of the molecule is COc1nc(-c2cccc(-c3cccc(Nc4ncnc5c4c(=O)n(C)c(=O)n5C)c3Cl)c2C)cc2c1C(NC[C@H]1CCC(=O)N1)CC2. The fourth-order valence-corrected chi connectivity index (χ4v) is 7.16. The van der Waals surface area contributed by atoms with Crippen molar-refractivity contribution in [2.75, 3.05) is 19.0 Å². The molecule has 1 fully saturated rings. The Balaban J connectivity index is 1.22. The maximum absolute atomic E-state index is 13.1. The molecule has 7 rings (SSSR count). The van der Waals surface area contributed by atoms with Gasteiger partial charge in [0, 0.05) is 55.8 Å². The van der Waals surface area contributed by atoms with E-state index >= 15 is 0 Å². The fourth-order valence-electron chi connectivity index (χ4n) is 6.88. The zero-order valence-electron chi connectivity index (χ0n) is 27.1. The van der Waals surface area contributed by atoms with E-state index in [2.05, 4.69) is 32.0 Å². The highest BCUT2D eigenvalue weighted by Crippen LogP contribution is 2.42. The first-order chi connectivity index (χ1) is 23.2. The molecule has 13 heteroatoms. The van der Waals surface area contributed by atoms with Crippen LogP contribution in [0, 0.1) is 6.92 Å². The molecule has 0 saturated carbocycles. The molecule has 1 aliphatic heterocycles. The number of hydrogen-bond acceptors (Lipinski definition) is 9. The van der Waals surface area contributed by atoms with Crippen LogP contribution in [0.1, 0.15) is 42.0 Å². The van der Waals surface area contributed by atoms with Gasteiger partial charge in [-0.3, -0.25) is 18.7 Å². The third-order valence-corrected chi connectivity index (χ3v) is 9.85. The molecule has 0 radical (unpaired) electrons. The molecule has 1 aliphatic carbocycles. The zero-order chi connectivity index (χ0) is 33.7. The molecule has 48 heavy (non-hydrogen) atoms. The van der Waals surface area contributed by atoms with E-state index in [-0.39, 0.29) is 34.8 Å². The van der Waals surface area contributed by atoms with E-state index in [0.717, 1.165) is 57.3 Å². The van der Waals surface area contributed by atoms with Crippen LogP contribution >= 0.6 is 11.6 Å². The lowest BCUT2D eigenvalue weighted by Gasteiger charge is -2.20. The van der Waals surface area contributed by atoms with Crippen molar-refractivity contribution in [3.8, 4) is 28.3 Å². The molecule has 0 bridgehead atoms. The van der Waals surface area contributed by atoms with Gasteiger partial charge in [-0.15, -0.1) is 0 Å². The van der Waals surface area contributed by atoms with Crippen molar-refractivity contribution in [1.29, 1.82) is 0 Å². The average Bonchev–Trinajstić information content (AvgIpc) is 3.71. The Bertz CT molecular complexity index is 2230. The van der Waals surface area contributed by atoms with Gasteiger partial charge in [0.2, 0.25) is 11.8 Å². The maximum atomic E-state index is 13.1. The molecule has 2 aromatic carbocycles. The van der Waals surface area contributed by atoms with Gasteiger partial charge in [-0.05, 0) is 55.0 Å². The number of rotatable bonds is 8.